The van der Waals surface area contributed by atoms with Gasteiger partial charge in [0.2, 0.25) is 0 Å². The third-order valence-electron chi connectivity index (χ3n) is 4.86. The van der Waals surface area contributed by atoms with Gasteiger partial charge in [0.1, 0.15) is 5.82 Å². The lowest BCUT2D eigenvalue weighted by atomic mass is 10.0. The number of hydrogen-bond donors (Lipinski definition) is 0. The Labute approximate surface area is 127 Å². The molecule has 0 saturated carbocycles. The fraction of sp³-hybridized carbons (Fsp3) is 0.812. The first kappa shape index (κ1) is 14.5. The van der Waals surface area contributed by atoms with Crippen molar-refractivity contribution in [2.75, 3.05) is 25.1 Å². The zero-order valence-electron chi connectivity index (χ0n) is 12.9. The Kier molecular flexibility index (Phi) is 4.72. The van der Waals surface area contributed by atoms with E-state index in [1.807, 2.05) is 11.8 Å². The van der Waals surface area contributed by atoms with Crippen molar-refractivity contribution in [2.45, 2.75) is 51.0 Å². The van der Waals surface area contributed by atoms with Crippen LogP contribution in [0, 0.1) is 0 Å². The van der Waals surface area contributed by atoms with Crippen molar-refractivity contribution >= 4 is 11.8 Å². The van der Waals surface area contributed by atoms with Gasteiger partial charge in [-0.05, 0) is 70.0 Å². The molecule has 2 heterocycles. The Morgan fingerprint density at radius 3 is 2.90 bits per heavy atom. The fourth-order valence-electron chi connectivity index (χ4n) is 3.80. The van der Waals surface area contributed by atoms with E-state index in [-0.39, 0.29) is 0 Å². The molecule has 1 atom stereocenters. The van der Waals surface area contributed by atoms with Gasteiger partial charge in [0.15, 0.2) is 0 Å². The van der Waals surface area contributed by atoms with Crippen LogP contribution in [0.4, 0.5) is 0 Å². The van der Waals surface area contributed by atoms with Crippen molar-refractivity contribution in [3.8, 4) is 0 Å². The molecular weight excluding hydrogens is 266 g/mol. The number of likely N-dealkylation sites (tertiary alicyclic amines) is 1. The largest absolute Gasteiger partial charge is 0.334 e. The summed E-state index contributed by atoms with van der Waals surface area (Å²) < 4.78 is 2.42. The number of aryl methyl sites for hydroxylation is 1. The lowest BCUT2D eigenvalue weighted by molar-refractivity contribution is 0.246. The molecule has 0 amide bonds. The van der Waals surface area contributed by atoms with Crippen LogP contribution in [-0.4, -0.2) is 39.5 Å². The van der Waals surface area contributed by atoms with Crippen molar-refractivity contribution in [3.63, 3.8) is 0 Å². The van der Waals surface area contributed by atoms with Gasteiger partial charge < -0.3 is 4.57 Å². The molecule has 0 aromatic carbocycles. The molecule has 0 unspecified atom stereocenters. The highest BCUT2D eigenvalue weighted by molar-refractivity contribution is 7.98. The summed E-state index contributed by atoms with van der Waals surface area (Å²) in [5.74, 6) is 2.62. The van der Waals surface area contributed by atoms with Gasteiger partial charge in [-0.3, -0.25) is 4.90 Å². The molecule has 1 saturated heterocycles. The highest BCUT2D eigenvalue weighted by atomic mass is 32.2. The molecule has 112 valence electrons. The van der Waals surface area contributed by atoms with Crippen molar-refractivity contribution in [1.82, 2.24) is 14.5 Å². The fourth-order valence-corrected chi connectivity index (χ4v) is 4.22. The number of aromatic nitrogens is 2. The minimum atomic E-state index is 0.576. The first-order valence-electron chi connectivity index (χ1n) is 8.08. The molecule has 2 aliphatic rings. The van der Waals surface area contributed by atoms with Crippen molar-refractivity contribution < 1.29 is 0 Å². The highest BCUT2D eigenvalue weighted by Crippen LogP contribution is 2.33. The van der Waals surface area contributed by atoms with Gasteiger partial charge in [-0.1, -0.05) is 0 Å². The van der Waals surface area contributed by atoms with Gasteiger partial charge in [0.05, 0.1) is 11.7 Å². The molecule has 3 rings (SSSR count). The van der Waals surface area contributed by atoms with Gasteiger partial charge >= 0.3 is 0 Å². The number of nitrogens with zero attached hydrogens (tertiary/aromatic N) is 3. The summed E-state index contributed by atoms with van der Waals surface area (Å²) in [6.45, 7) is 2.50. The van der Waals surface area contributed by atoms with E-state index >= 15 is 0 Å². The molecule has 0 N–H and O–H groups in total. The average molecular weight is 293 g/mol. The van der Waals surface area contributed by atoms with Crippen LogP contribution in [0.2, 0.25) is 0 Å². The van der Waals surface area contributed by atoms with Crippen molar-refractivity contribution in [2.24, 2.45) is 7.05 Å². The highest BCUT2D eigenvalue weighted by Gasteiger charge is 2.30. The summed E-state index contributed by atoms with van der Waals surface area (Å²) >= 11 is 1.96. The normalized spacial score (nSPS) is 23.2. The zero-order valence-corrected chi connectivity index (χ0v) is 13.7. The van der Waals surface area contributed by atoms with Gasteiger partial charge in [0, 0.05) is 12.7 Å². The topological polar surface area (TPSA) is 21.1 Å². The summed E-state index contributed by atoms with van der Waals surface area (Å²) in [4.78, 5) is 7.70. The zero-order chi connectivity index (χ0) is 13.9. The Morgan fingerprint density at radius 1 is 1.25 bits per heavy atom. The van der Waals surface area contributed by atoms with Crippen LogP contribution in [0.5, 0.6) is 0 Å². The first-order chi connectivity index (χ1) is 9.81. The van der Waals surface area contributed by atoms with E-state index < -0.39 is 0 Å². The molecule has 1 fully saturated rings. The third kappa shape index (κ3) is 2.77. The van der Waals surface area contributed by atoms with E-state index in [1.165, 1.54) is 81.0 Å². The van der Waals surface area contributed by atoms with Crippen LogP contribution in [0.15, 0.2) is 0 Å². The van der Waals surface area contributed by atoms with E-state index in [9.17, 15) is 0 Å². The molecular formula is C16H27N3S. The SMILES string of the molecule is CSCCCN1CCC[C@@H]1c1nc2c(n1C)CCCC2. The van der Waals surface area contributed by atoms with Crippen LogP contribution in [0.3, 0.4) is 0 Å². The minimum absolute atomic E-state index is 0.576. The molecule has 0 spiro atoms. The molecule has 0 radical (unpaired) electrons. The Bertz CT molecular complexity index is 455. The standard InChI is InChI=1S/C16H27N3S/c1-18-14-8-4-3-7-13(14)17-16(18)15-9-5-10-19(15)11-6-12-20-2/h15H,3-12H2,1-2H3/t15-/m1/s1. The van der Waals surface area contributed by atoms with E-state index in [0.29, 0.717) is 6.04 Å². The van der Waals surface area contributed by atoms with Crippen LogP contribution in [-0.2, 0) is 19.9 Å². The molecule has 1 aromatic heterocycles. The van der Waals surface area contributed by atoms with Crippen LogP contribution < -0.4 is 0 Å². The van der Waals surface area contributed by atoms with Crippen molar-refractivity contribution in [3.05, 3.63) is 17.2 Å². The van der Waals surface area contributed by atoms with Crippen molar-refractivity contribution in [1.29, 1.82) is 0 Å². The summed E-state index contributed by atoms with van der Waals surface area (Å²) in [5, 5.41) is 0. The van der Waals surface area contributed by atoms with Crippen LogP contribution in [0.25, 0.3) is 0 Å². The summed E-state index contributed by atoms with van der Waals surface area (Å²) in [7, 11) is 2.24. The van der Waals surface area contributed by atoms with E-state index in [0.717, 1.165) is 0 Å². The lowest BCUT2D eigenvalue weighted by Gasteiger charge is -2.24. The second-order valence-electron chi connectivity index (χ2n) is 6.17. The molecule has 3 nitrogen and oxygen atoms in total. The smallest absolute Gasteiger partial charge is 0.126 e. The third-order valence-corrected chi connectivity index (χ3v) is 5.56. The number of thioether (sulfide) groups is 1. The predicted molar refractivity (Wildman–Crippen MR) is 86.4 cm³/mol. The molecule has 1 aliphatic carbocycles. The molecule has 0 bridgehead atoms. The monoisotopic (exact) mass is 293 g/mol. The van der Waals surface area contributed by atoms with E-state index in [4.69, 9.17) is 4.98 Å². The number of rotatable bonds is 5. The Balaban J connectivity index is 1.75. The second-order valence-corrected chi connectivity index (χ2v) is 7.16. The lowest BCUT2D eigenvalue weighted by Crippen LogP contribution is -2.26. The van der Waals surface area contributed by atoms with Gasteiger partial charge in [-0.2, -0.15) is 11.8 Å². The first-order valence-corrected chi connectivity index (χ1v) is 9.48. The second kappa shape index (κ2) is 6.52. The maximum Gasteiger partial charge on any atom is 0.126 e. The van der Waals surface area contributed by atoms with E-state index in [1.54, 1.807) is 0 Å². The number of fused-ring (bicyclic) bond motifs is 1. The number of imidazole rings is 1. The Morgan fingerprint density at radius 2 is 2.10 bits per heavy atom. The summed E-state index contributed by atoms with van der Waals surface area (Å²) in [6, 6.07) is 0.576. The Hall–Kier alpha value is -0.480. The predicted octanol–water partition coefficient (Wildman–Crippen LogP) is 3.19. The molecule has 1 aliphatic heterocycles. The van der Waals surface area contributed by atoms with Gasteiger partial charge in [0.25, 0.3) is 0 Å². The van der Waals surface area contributed by atoms with Gasteiger partial charge in [-0.25, -0.2) is 4.98 Å². The van der Waals surface area contributed by atoms with Crippen LogP contribution >= 0.6 is 11.8 Å². The van der Waals surface area contributed by atoms with Gasteiger partial charge in [-0.15, -0.1) is 0 Å². The quantitative estimate of drug-likeness (QED) is 0.778. The summed E-state index contributed by atoms with van der Waals surface area (Å²) in [6.07, 6.45) is 11.2. The summed E-state index contributed by atoms with van der Waals surface area (Å²) in [5.41, 5.74) is 2.91. The van der Waals surface area contributed by atoms with Crippen LogP contribution in [0.1, 0.15) is 55.4 Å². The molecule has 1 aromatic rings. The maximum atomic E-state index is 5.03. The average Bonchev–Trinajstić information content (AvgIpc) is 3.05. The maximum absolute atomic E-state index is 5.03. The minimum Gasteiger partial charge on any atom is -0.334 e. The molecule has 20 heavy (non-hydrogen) atoms. The number of hydrogen-bond acceptors (Lipinski definition) is 3. The van der Waals surface area contributed by atoms with E-state index in [2.05, 4.69) is 22.8 Å². The molecule has 4 heteroatoms.